The summed E-state index contributed by atoms with van der Waals surface area (Å²) >= 11 is 0. The van der Waals surface area contributed by atoms with Crippen LogP contribution in [0.2, 0.25) is 0 Å². The van der Waals surface area contributed by atoms with Crippen LogP contribution in [0.5, 0.6) is 0 Å². The number of benzene rings is 1. The van der Waals surface area contributed by atoms with Gasteiger partial charge < -0.3 is 9.84 Å². The second-order valence-electron chi connectivity index (χ2n) is 3.42. The molecule has 0 bridgehead atoms. The molecule has 0 amide bonds. The fourth-order valence-electron chi connectivity index (χ4n) is 1.41. The third-order valence-electron chi connectivity index (χ3n) is 2.10. The van der Waals surface area contributed by atoms with Crippen molar-refractivity contribution in [3.05, 3.63) is 42.1 Å². The summed E-state index contributed by atoms with van der Waals surface area (Å²) < 4.78 is 4.66. The van der Waals surface area contributed by atoms with Gasteiger partial charge >= 0.3 is 5.97 Å². The summed E-state index contributed by atoms with van der Waals surface area (Å²) in [6.07, 6.45) is 0.325. The van der Waals surface area contributed by atoms with Gasteiger partial charge in [0, 0.05) is 11.6 Å². The van der Waals surface area contributed by atoms with Gasteiger partial charge in [0.15, 0.2) is 6.29 Å². The van der Waals surface area contributed by atoms with Gasteiger partial charge in [-0.05, 0) is 19.1 Å². The van der Waals surface area contributed by atoms with E-state index in [1.54, 1.807) is 6.07 Å². The number of aliphatic hydroxyl groups is 1. The first-order chi connectivity index (χ1) is 7.66. The number of carbonyl (C=O) groups excluding carboxylic acids is 1. The van der Waals surface area contributed by atoms with Crippen molar-refractivity contribution in [3.8, 4) is 0 Å². The van der Waals surface area contributed by atoms with Crippen LogP contribution < -0.4 is 0 Å². The molecule has 4 nitrogen and oxygen atoms in total. The third kappa shape index (κ3) is 2.17. The molecule has 2 aromatic rings. The van der Waals surface area contributed by atoms with E-state index in [-0.39, 0.29) is 0 Å². The monoisotopic (exact) mass is 217 g/mol. The molecule has 0 aliphatic heterocycles. The smallest absolute Gasteiger partial charge is 0.342 e. The molecule has 16 heavy (non-hydrogen) atoms. The summed E-state index contributed by atoms with van der Waals surface area (Å²) in [7, 11) is 0. The van der Waals surface area contributed by atoms with Gasteiger partial charge in [0.25, 0.3) is 0 Å². The first-order valence-corrected chi connectivity index (χ1v) is 4.90. The minimum atomic E-state index is -1.11. The summed E-state index contributed by atoms with van der Waals surface area (Å²) in [5.41, 5.74) is 1.15. The van der Waals surface area contributed by atoms with E-state index < -0.39 is 12.3 Å². The number of nitrogens with zero attached hydrogens (tertiary/aromatic N) is 1. The lowest BCUT2D eigenvalue weighted by molar-refractivity contribution is -0.0523. The van der Waals surface area contributed by atoms with Gasteiger partial charge in [-0.1, -0.05) is 18.2 Å². The zero-order valence-electron chi connectivity index (χ0n) is 8.75. The predicted molar refractivity (Wildman–Crippen MR) is 58.8 cm³/mol. The minimum absolute atomic E-state index is 0.333. The molecular weight excluding hydrogens is 206 g/mol. The average Bonchev–Trinajstić information content (AvgIpc) is 2.27. The molecule has 0 aliphatic carbocycles. The molecule has 0 aliphatic rings. The summed E-state index contributed by atoms with van der Waals surface area (Å²) in [5.74, 6) is -0.576. The highest BCUT2D eigenvalue weighted by molar-refractivity contribution is 5.93. The molecule has 0 spiro atoms. The third-order valence-corrected chi connectivity index (χ3v) is 2.10. The molecule has 2 rings (SSSR count). The van der Waals surface area contributed by atoms with Crippen LogP contribution in [0, 0.1) is 0 Å². The Bertz CT molecular complexity index is 522. The lowest BCUT2D eigenvalue weighted by Gasteiger charge is -2.06. The van der Waals surface area contributed by atoms with Crippen molar-refractivity contribution in [3.63, 3.8) is 0 Å². The van der Waals surface area contributed by atoms with Crippen LogP contribution in [-0.2, 0) is 4.74 Å². The van der Waals surface area contributed by atoms with Crippen molar-refractivity contribution in [1.82, 2.24) is 4.98 Å². The number of esters is 1. The second-order valence-corrected chi connectivity index (χ2v) is 3.42. The van der Waals surface area contributed by atoms with Gasteiger partial charge in [0.2, 0.25) is 0 Å². The highest BCUT2D eigenvalue weighted by Gasteiger charge is 2.10. The van der Waals surface area contributed by atoms with Crippen LogP contribution in [-0.4, -0.2) is 22.3 Å². The molecule has 0 radical (unpaired) electrons. The molecular formula is C12H11NO3. The topological polar surface area (TPSA) is 59.4 Å². The molecule has 1 unspecified atom stereocenters. The molecule has 1 atom stereocenters. The lowest BCUT2D eigenvalue weighted by Crippen LogP contribution is -2.14. The van der Waals surface area contributed by atoms with E-state index in [2.05, 4.69) is 9.72 Å². The van der Waals surface area contributed by atoms with Gasteiger partial charge in [-0.2, -0.15) is 0 Å². The van der Waals surface area contributed by atoms with Crippen molar-refractivity contribution >= 4 is 16.9 Å². The van der Waals surface area contributed by atoms with Crippen LogP contribution in [0.3, 0.4) is 0 Å². The average molecular weight is 217 g/mol. The van der Waals surface area contributed by atoms with E-state index in [0.717, 1.165) is 10.9 Å². The summed E-state index contributed by atoms with van der Waals surface area (Å²) in [5, 5.41) is 9.80. The van der Waals surface area contributed by atoms with E-state index in [4.69, 9.17) is 5.11 Å². The zero-order chi connectivity index (χ0) is 11.5. The summed E-state index contributed by atoms with van der Waals surface area (Å²) in [6, 6.07) is 9.16. The Labute approximate surface area is 92.5 Å². The first-order valence-electron chi connectivity index (χ1n) is 4.90. The number of hydrogen-bond donors (Lipinski definition) is 1. The fraction of sp³-hybridized carbons (Fsp3) is 0.167. The highest BCUT2D eigenvalue weighted by Crippen LogP contribution is 2.13. The summed E-state index contributed by atoms with van der Waals surface area (Å²) in [4.78, 5) is 15.6. The Balaban J connectivity index is 2.35. The standard InChI is InChI=1S/C12H11NO3/c1-8(14)16-12(15)10-6-9-4-2-3-5-11(9)13-7-10/h2-8,14H,1H3. The molecule has 1 heterocycles. The van der Waals surface area contributed by atoms with Crippen LogP contribution >= 0.6 is 0 Å². The molecule has 0 saturated carbocycles. The fourth-order valence-corrected chi connectivity index (χ4v) is 1.41. The number of para-hydroxylation sites is 1. The van der Waals surface area contributed by atoms with Gasteiger partial charge in [-0.15, -0.1) is 0 Å². The number of fused-ring (bicyclic) bond motifs is 1. The molecule has 1 aromatic carbocycles. The number of carbonyl (C=O) groups is 1. The van der Waals surface area contributed by atoms with E-state index in [0.29, 0.717) is 5.56 Å². The van der Waals surface area contributed by atoms with E-state index in [1.165, 1.54) is 13.1 Å². The van der Waals surface area contributed by atoms with Gasteiger partial charge in [-0.25, -0.2) is 4.79 Å². The van der Waals surface area contributed by atoms with Crippen molar-refractivity contribution in [2.24, 2.45) is 0 Å². The molecule has 82 valence electrons. The van der Waals surface area contributed by atoms with E-state index >= 15 is 0 Å². The van der Waals surface area contributed by atoms with Crippen molar-refractivity contribution in [1.29, 1.82) is 0 Å². The van der Waals surface area contributed by atoms with Crippen molar-refractivity contribution in [2.75, 3.05) is 0 Å². The number of pyridine rings is 1. The second kappa shape index (κ2) is 4.28. The van der Waals surface area contributed by atoms with Crippen LogP contribution in [0.1, 0.15) is 17.3 Å². The Kier molecular flexibility index (Phi) is 2.83. The Morgan fingerprint density at radius 2 is 2.19 bits per heavy atom. The maximum Gasteiger partial charge on any atom is 0.342 e. The van der Waals surface area contributed by atoms with Crippen LogP contribution in [0.25, 0.3) is 10.9 Å². The SMILES string of the molecule is CC(O)OC(=O)c1cnc2ccccc2c1. The zero-order valence-corrected chi connectivity index (χ0v) is 8.75. The van der Waals surface area contributed by atoms with E-state index in [9.17, 15) is 4.79 Å². The summed E-state index contributed by atoms with van der Waals surface area (Å²) in [6.45, 7) is 1.38. The van der Waals surface area contributed by atoms with Crippen molar-refractivity contribution in [2.45, 2.75) is 13.2 Å². The Morgan fingerprint density at radius 3 is 2.94 bits per heavy atom. The van der Waals surface area contributed by atoms with E-state index in [1.807, 2.05) is 24.3 Å². The quantitative estimate of drug-likeness (QED) is 0.614. The molecule has 1 N–H and O–H groups in total. The number of aliphatic hydroxyl groups excluding tert-OH is 1. The molecule has 0 fully saturated rings. The first kappa shape index (κ1) is 10.6. The minimum Gasteiger partial charge on any atom is -0.433 e. The normalized spacial score (nSPS) is 12.4. The van der Waals surface area contributed by atoms with Gasteiger partial charge in [0.1, 0.15) is 0 Å². The molecule has 0 saturated heterocycles. The number of aromatic nitrogens is 1. The number of ether oxygens (including phenoxy) is 1. The maximum atomic E-state index is 11.5. The highest BCUT2D eigenvalue weighted by atomic mass is 16.6. The largest absolute Gasteiger partial charge is 0.433 e. The lowest BCUT2D eigenvalue weighted by atomic mass is 10.1. The molecule has 1 aromatic heterocycles. The van der Waals surface area contributed by atoms with Crippen molar-refractivity contribution < 1.29 is 14.6 Å². The maximum absolute atomic E-state index is 11.5. The number of rotatable bonds is 2. The van der Waals surface area contributed by atoms with Crippen LogP contribution in [0.4, 0.5) is 0 Å². The predicted octanol–water partition coefficient (Wildman–Crippen LogP) is 1.73. The van der Waals surface area contributed by atoms with Gasteiger partial charge in [-0.3, -0.25) is 4.98 Å². The van der Waals surface area contributed by atoms with Gasteiger partial charge in [0.05, 0.1) is 11.1 Å². The Hall–Kier alpha value is -1.94. The Morgan fingerprint density at radius 1 is 1.44 bits per heavy atom. The molecule has 4 heteroatoms. The van der Waals surface area contributed by atoms with Crippen LogP contribution in [0.15, 0.2) is 36.5 Å². The number of hydrogen-bond acceptors (Lipinski definition) is 4.